The predicted octanol–water partition coefficient (Wildman–Crippen LogP) is 7.30. The van der Waals surface area contributed by atoms with Crippen LogP contribution in [0.2, 0.25) is 0 Å². The van der Waals surface area contributed by atoms with E-state index in [-0.39, 0.29) is 0 Å². The first-order valence-corrected chi connectivity index (χ1v) is 9.04. The molecule has 1 saturated carbocycles. The molecule has 0 N–H and O–H groups in total. The Morgan fingerprint density at radius 2 is 1.33 bits per heavy atom. The summed E-state index contributed by atoms with van der Waals surface area (Å²) in [6, 6.07) is 0. The first kappa shape index (κ1) is 18.0. The summed E-state index contributed by atoms with van der Waals surface area (Å²) in [7, 11) is 0. The molecular formula is C21H34. The first-order chi connectivity index (χ1) is 10.4. The SMILES string of the molecule is C=C/C=C\CCC/C=C/CCCCCCC=C1CCCC1. The van der Waals surface area contributed by atoms with E-state index in [9.17, 15) is 0 Å². The Kier molecular flexibility index (Phi) is 11.9. The quantitative estimate of drug-likeness (QED) is 0.201. The lowest BCUT2D eigenvalue weighted by Gasteiger charge is -1.99. The van der Waals surface area contributed by atoms with Crippen molar-refractivity contribution in [1.82, 2.24) is 0 Å². The largest absolute Gasteiger partial charge is 0.0991 e. The third kappa shape index (κ3) is 11.3. The van der Waals surface area contributed by atoms with Gasteiger partial charge in [-0.15, -0.1) is 0 Å². The van der Waals surface area contributed by atoms with Gasteiger partial charge in [-0.2, -0.15) is 0 Å². The van der Waals surface area contributed by atoms with Crippen LogP contribution in [0.1, 0.15) is 83.5 Å². The van der Waals surface area contributed by atoms with Crippen LogP contribution < -0.4 is 0 Å². The highest BCUT2D eigenvalue weighted by molar-refractivity contribution is 5.05. The van der Waals surface area contributed by atoms with Crippen molar-refractivity contribution < 1.29 is 0 Å². The van der Waals surface area contributed by atoms with Gasteiger partial charge < -0.3 is 0 Å². The molecule has 1 aliphatic rings. The Morgan fingerprint density at radius 1 is 0.714 bits per heavy atom. The molecule has 0 aromatic heterocycles. The van der Waals surface area contributed by atoms with E-state index in [4.69, 9.17) is 0 Å². The van der Waals surface area contributed by atoms with Gasteiger partial charge in [-0.3, -0.25) is 0 Å². The van der Waals surface area contributed by atoms with Crippen molar-refractivity contribution in [3.05, 3.63) is 48.6 Å². The molecular weight excluding hydrogens is 252 g/mol. The van der Waals surface area contributed by atoms with Crippen LogP contribution in [0.15, 0.2) is 48.6 Å². The van der Waals surface area contributed by atoms with Crippen LogP contribution in [0.25, 0.3) is 0 Å². The second kappa shape index (κ2) is 13.9. The second-order valence-corrected chi connectivity index (χ2v) is 6.13. The van der Waals surface area contributed by atoms with E-state index in [0.717, 1.165) is 0 Å². The molecule has 1 fully saturated rings. The Balaban J connectivity index is 1.80. The number of unbranched alkanes of at least 4 members (excludes halogenated alkanes) is 7. The summed E-state index contributed by atoms with van der Waals surface area (Å²) in [6.45, 7) is 3.67. The maximum Gasteiger partial charge on any atom is -0.0320 e. The molecule has 0 heteroatoms. The Bertz CT molecular complexity index is 322. The summed E-state index contributed by atoms with van der Waals surface area (Å²) in [5.74, 6) is 0. The average Bonchev–Trinajstić information content (AvgIpc) is 3.01. The predicted molar refractivity (Wildman–Crippen MR) is 96.6 cm³/mol. The highest BCUT2D eigenvalue weighted by Crippen LogP contribution is 2.24. The molecule has 1 aliphatic carbocycles. The molecule has 0 spiro atoms. The van der Waals surface area contributed by atoms with Crippen molar-refractivity contribution in [3.8, 4) is 0 Å². The molecule has 0 atom stereocenters. The molecule has 0 amide bonds. The molecule has 21 heavy (non-hydrogen) atoms. The zero-order valence-electron chi connectivity index (χ0n) is 13.9. The van der Waals surface area contributed by atoms with E-state index in [1.807, 2.05) is 12.2 Å². The molecule has 0 heterocycles. The van der Waals surface area contributed by atoms with Crippen molar-refractivity contribution >= 4 is 0 Å². The maximum atomic E-state index is 3.67. The molecule has 1 rings (SSSR count). The van der Waals surface area contributed by atoms with E-state index in [1.165, 1.54) is 83.5 Å². The Morgan fingerprint density at radius 3 is 2.05 bits per heavy atom. The van der Waals surface area contributed by atoms with Gasteiger partial charge >= 0.3 is 0 Å². The topological polar surface area (TPSA) is 0 Å². The van der Waals surface area contributed by atoms with Crippen LogP contribution in [0.4, 0.5) is 0 Å². The van der Waals surface area contributed by atoms with Crippen LogP contribution in [0.5, 0.6) is 0 Å². The fraction of sp³-hybridized carbons (Fsp3) is 0.619. The molecule has 0 aromatic carbocycles. The third-order valence-electron chi connectivity index (χ3n) is 4.18. The number of rotatable bonds is 12. The lowest BCUT2D eigenvalue weighted by molar-refractivity contribution is 0.650. The summed E-state index contributed by atoms with van der Waals surface area (Å²) in [6.07, 6.45) is 30.8. The lowest BCUT2D eigenvalue weighted by atomic mass is 10.1. The van der Waals surface area contributed by atoms with Gasteiger partial charge in [0.1, 0.15) is 0 Å². The minimum atomic E-state index is 1.17. The van der Waals surface area contributed by atoms with E-state index in [1.54, 1.807) is 5.57 Å². The monoisotopic (exact) mass is 286 g/mol. The van der Waals surface area contributed by atoms with Gasteiger partial charge in [-0.25, -0.2) is 0 Å². The smallest absolute Gasteiger partial charge is 0.0320 e. The van der Waals surface area contributed by atoms with Crippen molar-refractivity contribution in [3.63, 3.8) is 0 Å². The summed E-state index contributed by atoms with van der Waals surface area (Å²) in [5.41, 5.74) is 1.74. The highest BCUT2D eigenvalue weighted by Gasteiger charge is 2.04. The molecule has 0 unspecified atom stereocenters. The summed E-state index contributed by atoms with van der Waals surface area (Å²) in [4.78, 5) is 0. The first-order valence-electron chi connectivity index (χ1n) is 9.04. The van der Waals surface area contributed by atoms with E-state index in [2.05, 4.69) is 30.9 Å². The number of hydrogen-bond donors (Lipinski definition) is 0. The normalized spacial score (nSPS) is 15.3. The summed E-state index contributed by atoms with van der Waals surface area (Å²) < 4.78 is 0. The van der Waals surface area contributed by atoms with Crippen molar-refractivity contribution in [2.75, 3.05) is 0 Å². The van der Waals surface area contributed by atoms with Gasteiger partial charge in [0, 0.05) is 0 Å². The zero-order chi connectivity index (χ0) is 15.0. The lowest BCUT2D eigenvalue weighted by Crippen LogP contribution is -1.79. The number of hydrogen-bond acceptors (Lipinski definition) is 0. The standard InChI is InChI=1S/C21H34/c1-2-3-4-5-6-7-8-9-10-11-12-13-14-15-18-21-19-16-17-20-21/h2-4,8-9,18H,1,5-7,10-17,19-20H2/b4-3-,9-8+. The molecule has 0 aromatic rings. The van der Waals surface area contributed by atoms with Gasteiger partial charge in [0.25, 0.3) is 0 Å². The van der Waals surface area contributed by atoms with Crippen LogP contribution >= 0.6 is 0 Å². The molecule has 0 saturated heterocycles. The minimum absolute atomic E-state index is 1.17. The van der Waals surface area contributed by atoms with Crippen LogP contribution in [-0.4, -0.2) is 0 Å². The summed E-state index contributed by atoms with van der Waals surface area (Å²) in [5, 5.41) is 0. The van der Waals surface area contributed by atoms with E-state index < -0.39 is 0 Å². The molecule has 0 radical (unpaired) electrons. The minimum Gasteiger partial charge on any atom is -0.0991 e. The molecule has 118 valence electrons. The molecule has 0 bridgehead atoms. The zero-order valence-corrected chi connectivity index (χ0v) is 13.9. The number of allylic oxidation sites excluding steroid dienone is 7. The molecule has 0 nitrogen and oxygen atoms in total. The maximum absolute atomic E-state index is 3.67. The Hall–Kier alpha value is -1.04. The Labute approximate surface area is 132 Å². The van der Waals surface area contributed by atoms with Crippen LogP contribution in [0.3, 0.4) is 0 Å². The van der Waals surface area contributed by atoms with Gasteiger partial charge in [-0.05, 0) is 70.6 Å². The van der Waals surface area contributed by atoms with Crippen molar-refractivity contribution in [2.45, 2.75) is 83.5 Å². The fourth-order valence-corrected chi connectivity index (χ4v) is 2.88. The average molecular weight is 287 g/mol. The summed E-state index contributed by atoms with van der Waals surface area (Å²) >= 11 is 0. The van der Waals surface area contributed by atoms with Gasteiger partial charge in [0.05, 0.1) is 0 Å². The van der Waals surface area contributed by atoms with Crippen molar-refractivity contribution in [1.29, 1.82) is 0 Å². The van der Waals surface area contributed by atoms with Gasteiger partial charge in [-0.1, -0.05) is 61.4 Å². The fourth-order valence-electron chi connectivity index (χ4n) is 2.88. The highest BCUT2D eigenvalue weighted by atomic mass is 14.1. The molecule has 0 aliphatic heterocycles. The van der Waals surface area contributed by atoms with E-state index in [0.29, 0.717) is 0 Å². The third-order valence-corrected chi connectivity index (χ3v) is 4.18. The van der Waals surface area contributed by atoms with Gasteiger partial charge in [0.2, 0.25) is 0 Å². The van der Waals surface area contributed by atoms with Crippen LogP contribution in [-0.2, 0) is 0 Å². The van der Waals surface area contributed by atoms with Gasteiger partial charge in [0.15, 0.2) is 0 Å². The van der Waals surface area contributed by atoms with Crippen molar-refractivity contribution in [2.24, 2.45) is 0 Å². The van der Waals surface area contributed by atoms with Crippen LogP contribution in [0, 0.1) is 0 Å². The second-order valence-electron chi connectivity index (χ2n) is 6.13. The van der Waals surface area contributed by atoms with E-state index >= 15 is 0 Å².